The molecular weight excluding hydrogens is 464 g/mol. The Balaban J connectivity index is 1.43. The molecule has 0 spiro atoms. The standard InChI is InChI=1S/C23H24N2O6S2/c1-15(2)21(25-33(27,28)18-8-9-19-20(12-18)30-11-10-29-19)23(26)31-13-17-14-32-22(24-17)16-6-4-3-5-7-16/h3-9,12,14-15,21,25H,10-11,13H2,1-2H3. The van der Waals surface area contributed by atoms with Crippen LogP contribution in [-0.2, 0) is 26.2 Å². The number of fused-ring (bicyclic) bond motifs is 1. The van der Waals surface area contributed by atoms with Crippen molar-refractivity contribution >= 4 is 27.3 Å². The average molecular weight is 489 g/mol. The maximum Gasteiger partial charge on any atom is 0.324 e. The molecule has 0 radical (unpaired) electrons. The first-order valence-electron chi connectivity index (χ1n) is 10.4. The lowest BCUT2D eigenvalue weighted by Gasteiger charge is -2.22. The van der Waals surface area contributed by atoms with Crippen LogP contribution in [0, 0.1) is 5.92 Å². The van der Waals surface area contributed by atoms with Crippen LogP contribution in [0.2, 0.25) is 0 Å². The van der Waals surface area contributed by atoms with Gasteiger partial charge in [0.2, 0.25) is 10.0 Å². The molecule has 0 bridgehead atoms. The Morgan fingerprint density at radius 3 is 2.58 bits per heavy atom. The topological polar surface area (TPSA) is 104 Å². The van der Waals surface area contributed by atoms with Gasteiger partial charge < -0.3 is 14.2 Å². The fraction of sp³-hybridized carbons (Fsp3) is 0.304. The molecule has 0 aliphatic carbocycles. The van der Waals surface area contributed by atoms with E-state index in [0.29, 0.717) is 30.4 Å². The quantitative estimate of drug-likeness (QED) is 0.483. The number of ether oxygens (including phenoxy) is 3. The van der Waals surface area contributed by atoms with Crippen LogP contribution in [0.5, 0.6) is 11.5 Å². The number of nitrogens with one attached hydrogen (secondary N) is 1. The maximum absolute atomic E-state index is 12.9. The van der Waals surface area contributed by atoms with Crippen molar-refractivity contribution in [3.05, 3.63) is 59.6 Å². The summed E-state index contributed by atoms with van der Waals surface area (Å²) in [5.41, 5.74) is 1.58. The number of thiazole rings is 1. The summed E-state index contributed by atoms with van der Waals surface area (Å²) in [6.07, 6.45) is 0. The van der Waals surface area contributed by atoms with Crippen molar-refractivity contribution in [2.45, 2.75) is 31.4 Å². The molecule has 174 valence electrons. The largest absolute Gasteiger partial charge is 0.486 e. The molecule has 8 nitrogen and oxygen atoms in total. The van der Waals surface area contributed by atoms with Gasteiger partial charge in [0.05, 0.1) is 10.6 Å². The third-order valence-corrected chi connectivity index (χ3v) is 7.34. The highest BCUT2D eigenvalue weighted by atomic mass is 32.2. The van der Waals surface area contributed by atoms with Crippen LogP contribution in [-0.4, -0.2) is 38.6 Å². The van der Waals surface area contributed by atoms with E-state index in [1.54, 1.807) is 13.8 Å². The lowest BCUT2D eigenvalue weighted by Crippen LogP contribution is -2.45. The zero-order valence-corrected chi connectivity index (χ0v) is 19.8. The molecular formula is C23H24N2O6S2. The lowest BCUT2D eigenvalue weighted by atomic mass is 10.1. The second kappa shape index (κ2) is 9.90. The number of carbonyl (C=O) groups excluding carboxylic acids is 1. The van der Waals surface area contributed by atoms with Crippen LogP contribution >= 0.6 is 11.3 Å². The van der Waals surface area contributed by atoms with Gasteiger partial charge >= 0.3 is 5.97 Å². The molecule has 2 heterocycles. The Kier molecular flexibility index (Phi) is 6.96. The van der Waals surface area contributed by atoms with E-state index in [2.05, 4.69) is 9.71 Å². The summed E-state index contributed by atoms with van der Waals surface area (Å²) in [6, 6.07) is 13.0. The second-order valence-electron chi connectivity index (χ2n) is 7.77. The van der Waals surface area contributed by atoms with Gasteiger partial charge in [-0.2, -0.15) is 4.72 Å². The highest BCUT2D eigenvalue weighted by molar-refractivity contribution is 7.89. The first kappa shape index (κ1) is 23.2. The first-order valence-corrected chi connectivity index (χ1v) is 12.8. The Hall–Kier alpha value is -2.95. The fourth-order valence-corrected chi connectivity index (χ4v) is 5.36. The molecule has 1 unspecified atom stereocenters. The number of nitrogens with zero attached hydrogens (tertiary/aromatic N) is 1. The van der Waals surface area contributed by atoms with E-state index >= 15 is 0 Å². The molecule has 10 heteroatoms. The van der Waals surface area contributed by atoms with Gasteiger partial charge in [0.25, 0.3) is 0 Å². The molecule has 0 fully saturated rings. The third kappa shape index (κ3) is 5.52. The summed E-state index contributed by atoms with van der Waals surface area (Å²) in [5.74, 6) is -0.163. The molecule has 1 atom stereocenters. The van der Waals surface area contributed by atoms with Crippen molar-refractivity contribution in [3.63, 3.8) is 0 Å². The number of hydrogen-bond donors (Lipinski definition) is 1. The van der Waals surface area contributed by atoms with Gasteiger partial charge in [-0.05, 0) is 18.1 Å². The number of sulfonamides is 1. The maximum atomic E-state index is 12.9. The van der Waals surface area contributed by atoms with Gasteiger partial charge in [0, 0.05) is 17.0 Å². The van der Waals surface area contributed by atoms with E-state index in [1.165, 1.54) is 29.5 Å². The van der Waals surface area contributed by atoms with E-state index in [9.17, 15) is 13.2 Å². The lowest BCUT2D eigenvalue weighted by molar-refractivity contribution is -0.148. The molecule has 2 aromatic carbocycles. The van der Waals surface area contributed by atoms with Crippen molar-refractivity contribution in [2.75, 3.05) is 13.2 Å². The minimum atomic E-state index is -4.00. The van der Waals surface area contributed by atoms with Crippen LogP contribution in [0.3, 0.4) is 0 Å². The Morgan fingerprint density at radius 1 is 1.12 bits per heavy atom. The van der Waals surface area contributed by atoms with E-state index in [0.717, 1.165) is 10.6 Å². The van der Waals surface area contributed by atoms with Crippen molar-refractivity contribution in [3.8, 4) is 22.1 Å². The molecule has 3 aromatic rings. The molecule has 4 rings (SSSR count). The molecule has 1 aliphatic heterocycles. The Labute approximate surface area is 196 Å². The van der Waals surface area contributed by atoms with Gasteiger partial charge in [0.15, 0.2) is 11.5 Å². The summed E-state index contributed by atoms with van der Waals surface area (Å²) >= 11 is 1.45. The second-order valence-corrected chi connectivity index (χ2v) is 10.3. The summed E-state index contributed by atoms with van der Waals surface area (Å²) < 4.78 is 44.7. The van der Waals surface area contributed by atoms with Crippen LogP contribution in [0.1, 0.15) is 19.5 Å². The molecule has 1 aromatic heterocycles. The molecule has 1 aliphatic rings. The van der Waals surface area contributed by atoms with Gasteiger partial charge in [-0.1, -0.05) is 44.2 Å². The summed E-state index contributed by atoms with van der Waals surface area (Å²) in [7, 11) is -4.00. The van der Waals surface area contributed by atoms with Crippen molar-refractivity contribution in [1.82, 2.24) is 9.71 Å². The monoisotopic (exact) mass is 488 g/mol. The third-order valence-electron chi connectivity index (χ3n) is 4.96. The minimum absolute atomic E-state index is 0.0165. The van der Waals surface area contributed by atoms with Crippen molar-refractivity contribution in [2.24, 2.45) is 5.92 Å². The van der Waals surface area contributed by atoms with E-state index in [4.69, 9.17) is 14.2 Å². The number of carbonyl (C=O) groups is 1. The van der Waals surface area contributed by atoms with Crippen LogP contribution < -0.4 is 14.2 Å². The highest BCUT2D eigenvalue weighted by Gasteiger charge is 2.30. The van der Waals surface area contributed by atoms with Crippen molar-refractivity contribution in [1.29, 1.82) is 0 Å². The van der Waals surface area contributed by atoms with Crippen LogP contribution in [0.25, 0.3) is 10.6 Å². The number of benzene rings is 2. The van der Waals surface area contributed by atoms with Gasteiger partial charge in [0.1, 0.15) is 30.9 Å². The smallest absolute Gasteiger partial charge is 0.324 e. The van der Waals surface area contributed by atoms with Crippen LogP contribution in [0.15, 0.2) is 58.8 Å². The minimum Gasteiger partial charge on any atom is -0.486 e. The highest BCUT2D eigenvalue weighted by Crippen LogP contribution is 2.32. The fourth-order valence-electron chi connectivity index (χ4n) is 3.20. The summed E-state index contributed by atoms with van der Waals surface area (Å²) in [5, 5.41) is 2.64. The number of hydrogen-bond acceptors (Lipinski definition) is 8. The van der Waals surface area contributed by atoms with Gasteiger partial charge in [-0.15, -0.1) is 11.3 Å². The molecule has 1 N–H and O–H groups in total. The number of aromatic nitrogens is 1. The Bertz CT molecular complexity index is 1220. The number of esters is 1. The zero-order chi connectivity index (χ0) is 23.4. The average Bonchev–Trinajstić information content (AvgIpc) is 3.30. The first-order chi connectivity index (χ1) is 15.8. The molecule has 0 saturated heterocycles. The van der Waals surface area contributed by atoms with Gasteiger partial charge in [-0.25, -0.2) is 13.4 Å². The normalized spacial score (nSPS) is 14.2. The van der Waals surface area contributed by atoms with E-state index < -0.39 is 22.0 Å². The SMILES string of the molecule is CC(C)C(NS(=O)(=O)c1ccc2c(c1)OCCO2)C(=O)OCc1csc(-c2ccccc2)n1. The molecule has 0 saturated carbocycles. The van der Waals surface area contributed by atoms with Gasteiger partial charge in [-0.3, -0.25) is 4.79 Å². The van der Waals surface area contributed by atoms with E-state index in [1.807, 2.05) is 35.7 Å². The predicted molar refractivity (Wildman–Crippen MR) is 124 cm³/mol. The van der Waals surface area contributed by atoms with Crippen LogP contribution in [0.4, 0.5) is 0 Å². The number of rotatable bonds is 8. The zero-order valence-electron chi connectivity index (χ0n) is 18.2. The summed E-state index contributed by atoms with van der Waals surface area (Å²) in [4.78, 5) is 17.2. The van der Waals surface area contributed by atoms with Crippen molar-refractivity contribution < 1.29 is 27.4 Å². The summed E-state index contributed by atoms with van der Waals surface area (Å²) in [6.45, 7) is 4.19. The molecule has 0 amide bonds. The predicted octanol–water partition coefficient (Wildman–Crippen LogP) is 3.63. The molecule has 33 heavy (non-hydrogen) atoms. The Morgan fingerprint density at radius 2 is 1.85 bits per heavy atom. The van der Waals surface area contributed by atoms with E-state index in [-0.39, 0.29) is 17.4 Å².